The highest BCUT2D eigenvalue weighted by atomic mass is 32.2. The standard InChI is InChI=1S/C22H31N3O3S2/c1-5-25(16(2)3)20-11-9-19(10-12-20)23-22(26)18-7-6-14-24(15-18)30(27,28)21-13-8-17(4)29-21/h8-13,16,18H,5-7,14-15H2,1-4H3,(H,23,26). The Kier molecular flexibility index (Phi) is 7.21. The van der Waals surface area contributed by atoms with Crippen LogP contribution in [0, 0.1) is 12.8 Å². The minimum Gasteiger partial charge on any atom is -0.369 e. The maximum atomic E-state index is 12.9. The first-order valence-corrected chi connectivity index (χ1v) is 12.7. The van der Waals surface area contributed by atoms with Crippen LogP contribution in [0.25, 0.3) is 0 Å². The number of thiophene rings is 1. The SMILES string of the molecule is CCN(c1ccc(NC(=O)C2CCCN(S(=O)(=O)c3ccc(C)s3)C2)cc1)C(C)C. The van der Waals surface area contributed by atoms with Crippen molar-refractivity contribution in [3.05, 3.63) is 41.3 Å². The third-order valence-corrected chi connectivity index (χ3v) is 8.83. The van der Waals surface area contributed by atoms with Gasteiger partial charge in [-0.05, 0) is 76.9 Å². The van der Waals surface area contributed by atoms with Crippen LogP contribution in [0.5, 0.6) is 0 Å². The number of aryl methyl sites for hydroxylation is 1. The van der Waals surface area contributed by atoms with Crippen LogP contribution in [0.4, 0.5) is 11.4 Å². The van der Waals surface area contributed by atoms with Crippen molar-refractivity contribution in [2.45, 2.75) is 50.8 Å². The third kappa shape index (κ3) is 5.04. The zero-order valence-corrected chi connectivity index (χ0v) is 19.7. The van der Waals surface area contributed by atoms with E-state index >= 15 is 0 Å². The maximum absolute atomic E-state index is 12.9. The lowest BCUT2D eigenvalue weighted by molar-refractivity contribution is -0.120. The second-order valence-corrected chi connectivity index (χ2v) is 11.4. The molecule has 1 aliphatic rings. The Morgan fingerprint density at radius 1 is 1.23 bits per heavy atom. The lowest BCUT2D eigenvalue weighted by atomic mass is 9.98. The molecule has 30 heavy (non-hydrogen) atoms. The number of hydrogen-bond acceptors (Lipinski definition) is 5. The largest absolute Gasteiger partial charge is 0.369 e. The molecule has 1 unspecified atom stereocenters. The summed E-state index contributed by atoms with van der Waals surface area (Å²) in [6, 6.07) is 11.7. The number of nitrogens with zero attached hydrogens (tertiary/aromatic N) is 2. The Morgan fingerprint density at radius 2 is 1.93 bits per heavy atom. The first kappa shape index (κ1) is 22.8. The molecule has 1 aromatic carbocycles. The Balaban J connectivity index is 1.65. The minimum absolute atomic E-state index is 0.124. The summed E-state index contributed by atoms with van der Waals surface area (Å²) in [7, 11) is -3.54. The van der Waals surface area contributed by atoms with Gasteiger partial charge in [-0.2, -0.15) is 4.31 Å². The van der Waals surface area contributed by atoms with E-state index in [1.54, 1.807) is 6.07 Å². The number of rotatable bonds is 7. The summed E-state index contributed by atoms with van der Waals surface area (Å²) >= 11 is 1.27. The van der Waals surface area contributed by atoms with Gasteiger partial charge >= 0.3 is 0 Å². The lowest BCUT2D eigenvalue weighted by Crippen LogP contribution is -2.43. The first-order chi connectivity index (χ1) is 14.2. The van der Waals surface area contributed by atoms with E-state index in [-0.39, 0.29) is 18.4 Å². The number of amides is 1. The van der Waals surface area contributed by atoms with Gasteiger partial charge in [0.2, 0.25) is 5.91 Å². The van der Waals surface area contributed by atoms with E-state index in [9.17, 15) is 13.2 Å². The Morgan fingerprint density at radius 3 is 2.50 bits per heavy atom. The quantitative estimate of drug-likeness (QED) is 0.683. The van der Waals surface area contributed by atoms with Gasteiger partial charge in [0, 0.05) is 41.9 Å². The number of hydrogen-bond donors (Lipinski definition) is 1. The molecular weight excluding hydrogens is 418 g/mol. The summed E-state index contributed by atoms with van der Waals surface area (Å²) in [6.45, 7) is 9.91. The van der Waals surface area contributed by atoms with E-state index in [1.807, 2.05) is 37.3 Å². The second-order valence-electron chi connectivity index (χ2n) is 7.98. The molecular formula is C22H31N3O3S2. The molecule has 3 rings (SSSR count). The summed E-state index contributed by atoms with van der Waals surface area (Å²) in [5.41, 5.74) is 1.85. The monoisotopic (exact) mass is 449 g/mol. The summed E-state index contributed by atoms with van der Waals surface area (Å²) in [4.78, 5) is 16.1. The van der Waals surface area contributed by atoms with Crippen LogP contribution in [0.15, 0.2) is 40.6 Å². The molecule has 1 aliphatic heterocycles. The van der Waals surface area contributed by atoms with Crippen LogP contribution in [0.1, 0.15) is 38.5 Å². The molecule has 0 bridgehead atoms. The van der Waals surface area contributed by atoms with Crippen molar-refractivity contribution in [2.24, 2.45) is 5.92 Å². The maximum Gasteiger partial charge on any atom is 0.252 e. The second kappa shape index (κ2) is 9.49. The topological polar surface area (TPSA) is 69.7 Å². The molecule has 2 aromatic rings. The summed E-state index contributed by atoms with van der Waals surface area (Å²) in [5.74, 6) is -0.474. The molecule has 1 saturated heterocycles. The fourth-order valence-electron chi connectivity index (χ4n) is 3.88. The summed E-state index contributed by atoms with van der Waals surface area (Å²) < 4.78 is 27.6. The number of piperidine rings is 1. The van der Waals surface area contributed by atoms with Crippen LogP contribution in [-0.2, 0) is 14.8 Å². The van der Waals surface area contributed by atoms with Gasteiger partial charge in [0.1, 0.15) is 4.21 Å². The fraction of sp³-hybridized carbons (Fsp3) is 0.500. The zero-order chi connectivity index (χ0) is 21.9. The van der Waals surface area contributed by atoms with Gasteiger partial charge in [0.15, 0.2) is 0 Å². The molecule has 1 aromatic heterocycles. The van der Waals surface area contributed by atoms with Crippen LogP contribution in [0.2, 0.25) is 0 Å². The van der Waals surface area contributed by atoms with Gasteiger partial charge in [-0.25, -0.2) is 8.42 Å². The highest BCUT2D eigenvalue weighted by molar-refractivity contribution is 7.91. The smallest absolute Gasteiger partial charge is 0.252 e. The van der Waals surface area contributed by atoms with E-state index in [0.717, 1.165) is 22.8 Å². The van der Waals surface area contributed by atoms with Crippen molar-refractivity contribution in [1.29, 1.82) is 0 Å². The Labute approximate surface area is 183 Å². The molecule has 1 fully saturated rings. The van der Waals surface area contributed by atoms with Crippen LogP contribution < -0.4 is 10.2 Å². The molecule has 6 nitrogen and oxygen atoms in total. The predicted molar refractivity (Wildman–Crippen MR) is 124 cm³/mol. The van der Waals surface area contributed by atoms with Gasteiger partial charge in [0.25, 0.3) is 10.0 Å². The van der Waals surface area contributed by atoms with Crippen LogP contribution >= 0.6 is 11.3 Å². The van der Waals surface area contributed by atoms with Gasteiger partial charge in [-0.15, -0.1) is 11.3 Å². The number of anilines is 2. The number of carbonyl (C=O) groups excluding carboxylic acids is 1. The molecule has 1 N–H and O–H groups in total. The van der Waals surface area contributed by atoms with Gasteiger partial charge in [-0.3, -0.25) is 4.79 Å². The van der Waals surface area contributed by atoms with Crippen molar-refractivity contribution in [2.75, 3.05) is 29.9 Å². The third-order valence-electron chi connectivity index (χ3n) is 5.50. The van der Waals surface area contributed by atoms with Gasteiger partial charge in [0.05, 0.1) is 5.92 Å². The van der Waals surface area contributed by atoms with Crippen LogP contribution in [0.3, 0.4) is 0 Å². The predicted octanol–water partition coefficient (Wildman–Crippen LogP) is 4.33. The molecule has 1 amide bonds. The van der Waals surface area contributed by atoms with E-state index in [2.05, 4.69) is 31.0 Å². The molecule has 0 radical (unpaired) electrons. The molecule has 0 aliphatic carbocycles. The normalized spacial score (nSPS) is 17.8. The van der Waals surface area contributed by atoms with E-state index < -0.39 is 10.0 Å². The highest BCUT2D eigenvalue weighted by Gasteiger charge is 2.34. The van der Waals surface area contributed by atoms with Crippen LogP contribution in [-0.4, -0.2) is 44.3 Å². The van der Waals surface area contributed by atoms with E-state index in [4.69, 9.17) is 0 Å². The average Bonchev–Trinajstić information content (AvgIpc) is 3.17. The average molecular weight is 450 g/mol. The molecule has 0 saturated carbocycles. The number of benzene rings is 1. The van der Waals surface area contributed by atoms with E-state index in [1.165, 1.54) is 15.6 Å². The summed E-state index contributed by atoms with van der Waals surface area (Å²) in [5, 5.41) is 2.96. The van der Waals surface area contributed by atoms with Crippen molar-refractivity contribution in [1.82, 2.24) is 4.31 Å². The first-order valence-electron chi connectivity index (χ1n) is 10.5. The molecule has 0 spiro atoms. The zero-order valence-electron chi connectivity index (χ0n) is 18.1. The lowest BCUT2D eigenvalue weighted by Gasteiger charge is -2.31. The van der Waals surface area contributed by atoms with Crippen molar-refractivity contribution in [3.63, 3.8) is 0 Å². The van der Waals surface area contributed by atoms with E-state index in [0.29, 0.717) is 29.6 Å². The van der Waals surface area contributed by atoms with Crippen molar-refractivity contribution >= 4 is 38.6 Å². The molecule has 164 valence electrons. The van der Waals surface area contributed by atoms with Crippen molar-refractivity contribution < 1.29 is 13.2 Å². The fourth-order valence-corrected chi connectivity index (χ4v) is 6.84. The molecule has 2 heterocycles. The Bertz CT molecular complexity index is 968. The number of sulfonamides is 1. The molecule has 1 atom stereocenters. The van der Waals surface area contributed by atoms with Crippen molar-refractivity contribution in [3.8, 4) is 0 Å². The highest BCUT2D eigenvalue weighted by Crippen LogP contribution is 2.29. The van der Waals surface area contributed by atoms with Gasteiger partial charge < -0.3 is 10.2 Å². The Hall–Kier alpha value is -1.90. The van der Waals surface area contributed by atoms with Gasteiger partial charge in [-0.1, -0.05) is 0 Å². The minimum atomic E-state index is -3.54. The summed E-state index contributed by atoms with van der Waals surface area (Å²) in [6.07, 6.45) is 1.37. The molecule has 8 heteroatoms. The number of nitrogens with one attached hydrogen (secondary N) is 1. The number of carbonyl (C=O) groups is 1.